The molecule has 0 atom stereocenters. The first-order valence-corrected chi connectivity index (χ1v) is 10.0. The number of phenols is 1. The summed E-state index contributed by atoms with van der Waals surface area (Å²) in [5.41, 5.74) is 2.15. The van der Waals surface area contributed by atoms with Crippen molar-refractivity contribution < 1.29 is 14.3 Å². The zero-order chi connectivity index (χ0) is 18.6. The van der Waals surface area contributed by atoms with Gasteiger partial charge in [-0.05, 0) is 47.9 Å². The van der Waals surface area contributed by atoms with Crippen molar-refractivity contribution in [1.82, 2.24) is 15.1 Å². The summed E-state index contributed by atoms with van der Waals surface area (Å²) >= 11 is 1.58. The Morgan fingerprint density at radius 3 is 2.67 bits per heavy atom. The molecule has 6 nitrogen and oxygen atoms in total. The highest BCUT2D eigenvalue weighted by atomic mass is 32.1. The summed E-state index contributed by atoms with van der Waals surface area (Å²) in [5, 5.41) is 21.4. The third-order valence-corrected chi connectivity index (χ3v) is 5.68. The van der Waals surface area contributed by atoms with Crippen LogP contribution in [0.5, 0.6) is 5.75 Å². The largest absolute Gasteiger partial charge is 0.508 e. The van der Waals surface area contributed by atoms with Crippen LogP contribution in [0.15, 0.2) is 45.5 Å². The first kappa shape index (κ1) is 17.7. The maximum atomic E-state index is 12.5. The minimum Gasteiger partial charge on any atom is -0.508 e. The molecule has 7 heteroatoms. The number of phenolic OH excluding ortho intramolecular Hbond substituents is 1. The van der Waals surface area contributed by atoms with Gasteiger partial charge in [-0.3, -0.25) is 4.79 Å². The molecule has 3 aromatic rings. The second-order valence-corrected chi connectivity index (χ2v) is 7.54. The topological polar surface area (TPSA) is 79.5 Å². The number of thiophene rings is 1. The molecular formula is C20H21N3O3S. The van der Waals surface area contributed by atoms with Crippen LogP contribution in [-0.2, 0) is 11.2 Å². The number of hydrogen-bond acceptors (Lipinski definition) is 6. The molecule has 1 N–H and O–H groups in total. The molecule has 0 bridgehead atoms. The van der Waals surface area contributed by atoms with Gasteiger partial charge < -0.3 is 14.4 Å². The highest BCUT2D eigenvalue weighted by Crippen LogP contribution is 2.29. The Hall–Kier alpha value is -2.67. The van der Waals surface area contributed by atoms with Crippen molar-refractivity contribution >= 4 is 17.2 Å². The minimum absolute atomic E-state index is 0.134. The van der Waals surface area contributed by atoms with Crippen molar-refractivity contribution in [3.63, 3.8) is 0 Å². The van der Waals surface area contributed by atoms with E-state index in [1.165, 1.54) is 5.56 Å². The number of carbonyl (C=O) groups excluding carboxylic acids is 1. The van der Waals surface area contributed by atoms with Crippen molar-refractivity contribution in [3.05, 3.63) is 52.5 Å². The molecule has 3 heterocycles. The van der Waals surface area contributed by atoms with Gasteiger partial charge >= 0.3 is 0 Å². The zero-order valence-corrected chi connectivity index (χ0v) is 15.7. The van der Waals surface area contributed by atoms with Gasteiger partial charge in [-0.25, -0.2) is 0 Å². The van der Waals surface area contributed by atoms with Gasteiger partial charge in [0.15, 0.2) is 0 Å². The molecule has 0 radical (unpaired) electrons. The summed E-state index contributed by atoms with van der Waals surface area (Å²) < 4.78 is 5.64. The molecule has 1 amide bonds. The first-order chi connectivity index (χ1) is 13.2. The number of benzene rings is 1. The predicted molar refractivity (Wildman–Crippen MR) is 103 cm³/mol. The van der Waals surface area contributed by atoms with Crippen molar-refractivity contribution in [2.45, 2.75) is 31.6 Å². The third kappa shape index (κ3) is 4.19. The smallest absolute Gasteiger partial charge is 0.248 e. The summed E-state index contributed by atoms with van der Waals surface area (Å²) in [5.74, 6) is 1.87. The van der Waals surface area contributed by atoms with E-state index in [2.05, 4.69) is 10.2 Å². The number of amides is 1. The molecule has 0 aliphatic carbocycles. The first-order valence-electron chi connectivity index (χ1n) is 9.10. The quantitative estimate of drug-likeness (QED) is 0.724. The molecule has 1 saturated heterocycles. The van der Waals surface area contributed by atoms with Crippen LogP contribution in [0.3, 0.4) is 0 Å². The fraction of sp³-hybridized carbons (Fsp3) is 0.350. The highest BCUT2D eigenvalue weighted by Gasteiger charge is 2.24. The van der Waals surface area contributed by atoms with Crippen molar-refractivity contribution in [2.24, 2.45) is 0 Å². The Kier molecular flexibility index (Phi) is 5.20. The van der Waals surface area contributed by atoms with Crippen LogP contribution in [0.2, 0.25) is 0 Å². The van der Waals surface area contributed by atoms with Gasteiger partial charge in [0.25, 0.3) is 0 Å². The number of likely N-dealkylation sites (tertiary alicyclic amines) is 1. The Morgan fingerprint density at radius 2 is 1.96 bits per heavy atom. The van der Waals surface area contributed by atoms with Crippen LogP contribution < -0.4 is 0 Å². The SMILES string of the molecule is O=C(CCc1nnc(-c2ccsc2)o1)N1CCC(c2ccc(O)cc2)CC1. The molecule has 0 saturated carbocycles. The number of aromatic hydroxyl groups is 1. The number of nitrogens with zero attached hydrogens (tertiary/aromatic N) is 3. The second-order valence-electron chi connectivity index (χ2n) is 6.76. The number of aromatic nitrogens is 2. The fourth-order valence-electron chi connectivity index (χ4n) is 3.44. The predicted octanol–water partition coefficient (Wildman–Crippen LogP) is 3.84. The van der Waals surface area contributed by atoms with E-state index in [0.717, 1.165) is 31.5 Å². The van der Waals surface area contributed by atoms with Crippen LogP contribution in [0.1, 0.15) is 36.6 Å². The lowest BCUT2D eigenvalue weighted by atomic mass is 9.89. The summed E-state index contributed by atoms with van der Waals surface area (Å²) in [7, 11) is 0. The second kappa shape index (κ2) is 7.92. The van der Waals surface area contributed by atoms with Gasteiger partial charge in [0.1, 0.15) is 5.75 Å². The lowest BCUT2D eigenvalue weighted by molar-refractivity contribution is -0.132. The number of hydrogen-bond donors (Lipinski definition) is 1. The van der Waals surface area contributed by atoms with Crippen molar-refractivity contribution in [3.8, 4) is 17.2 Å². The minimum atomic E-state index is 0.134. The highest BCUT2D eigenvalue weighted by molar-refractivity contribution is 7.08. The van der Waals surface area contributed by atoms with Crippen LogP contribution >= 0.6 is 11.3 Å². The average Bonchev–Trinajstić information content (AvgIpc) is 3.38. The summed E-state index contributed by atoms with van der Waals surface area (Å²) in [6.45, 7) is 1.52. The Balaban J connectivity index is 1.27. The van der Waals surface area contributed by atoms with E-state index in [-0.39, 0.29) is 11.7 Å². The lowest BCUT2D eigenvalue weighted by Gasteiger charge is -2.32. The lowest BCUT2D eigenvalue weighted by Crippen LogP contribution is -2.38. The molecule has 1 aliphatic heterocycles. The van der Waals surface area contributed by atoms with E-state index in [9.17, 15) is 9.90 Å². The van der Waals surface area contributed by atoms with Gasteiger partial charge in [0, 0.05) is 36.9 Å². The Bertz CT molecular complexity index is 882. The van der Waals surface area contributed by atoms with Crippen LogP contribution in [0.25, 0.3) is 11.5 Å². The number of carbonyl (C=O) groups is 1. The van der Waals surface area contributed by atoms with E-state index in [1.54, 1.807) is 23.5 Å². The van der Waals surface area contributed by atoms with Crippen LogP contribution in [0, 0.1) is 0 Å². The van der Waals surface area contributed by atoms with Gasteiger partial charge in [-0.15, -0.1) is 10.2 Å². The molecule has 0 spiro atoms. The normalized spacial score (nSPS) is 15.2. The van der Waals surface area contributed by atoms with Gasteiger partial charge in [0.05, 0.1) is 0 Å². The van der Waals surface area contributed by atoms with E-state index in [0.29, 0.717) is 30.5 Å². The third-order valence-electron chi connectivity index (χ3n) is 5.00. The maximum absolute atomic E-state index is 12.5. The summed E-state index contributed by atoms with van der Waals surface area (Å²) in [4.78, 5) is 14.4. The van der Waals surface area contributed by atoms with Crippen LogP contribution in [0.4, 0.5) is 0 Å². The molecule has 140 valence electrons. The Labute approximate surface area is 161 Å². The number of aryl methyl sites for hydroxylation is 1. The molecule has 2 aromatic heterocycles. The Morgan fingerprint density at radius 1 is 1.19 bits per heavy atom. The maximum Gasteiger partial charge on any atom is 0.248 e. The van der Waals surface area contributed by atoms with E-state index >= 15 is 0 Å². The van der Waals surface area contributed by atoms with Gasteiger partial charge in [0.2, 0.25) is 17.7 Å². The van der Waals surface area contributed by atoms with Gasteiger partial charge in [-0.2, -0.15) is 11.3 Å². The van der Waals surface area contributed by atoms with Crippen molar-refractivity contribution in [1.29, 1.82) is 0 Å². The molecule has 0 unspecified atom stereocenters. The van der Waals surface area contributed by atoms with E-state index in [4.69, 9.17) is 4.42 Å². The number of rotatable bonds is 5. The molecule has 4 rings (SSSR count). The van der Waals surface area contributed by atoms with Crippen molar-refractivity contribution in [2.75, 3.05) is 13.1 Å². The standard InChI is InChI=1S/C20H21N3O3S/c24-17-3-1-14(2-4-17)15-7-10-23(11-8-15)19(25)6-5-18-21-22-20(26-18)16-9-12-27-13-16/h1-4,9,12-13,15,24H,5-8,10-11H2. The molecule has 1 fully saturated rings. The average molecular weight is 383 g/mol. The molecule has 1 aliphatic rings. The zero-order valence-electron chi connectivity index (χ0n) is 14.9. The summed E-state index contributed by atoms with van der Waals surface area (Å²) in [6, 6.07) is 9.32. The van der Waals surface area contributed by atoms with E-state index < -0.39 is 0 Å². The number of piperidine rings is 1. The molecule has 27 heavy (non-hydrogen) atoms. The van der Waals surface area contributed by atoms with E-state index in [1.807, 2.05) is 33.9 Å². The molecule has 1 aromatic carbocycles. The summed E-state index contributed by atoms with van der Waals surface area (Å²) in [6.07, 6.45) is 2.74. The monoisotopic (exact) mass is 383 g/mol. The van der Waals surface area contributed by atoms with Gasteiger partial charge in [-0.1, -0.05) is 12.1 Å². The fourth-order valence-corrected chi connectivity index (χ4v) is 4.07. The molecular weight excluding hydrogens is 362 g/mol. The van der Waals surface area contributed by atoms with Crippen LogP contribution in [-0.4, -0.2) is 39.2 Å².